The van der Waals surface area contributed by atoms with Crippen LogP contribution in [0.25, 0.3) is 0 Å². The first-order valence-corrected chi connectivity index (χ1v) is 5.47. The number of non-ortho nitro benzene ring substituents is 1. The number of anilines is 1. The van der Waals surface area contributed by atoms with Gasteiger partial charge in [-0.25, -0.2) is 9.59 Å². The first kappa shape index (κ1) is 14.0. The molecule has 1 amide bonds. The number of nitro benzene ring substituents is 1. The summed E-state index contributed by atoms with van der Waals surface area (Å²) < 4.78 is 5.48. The van der Waals surface area contributed by atoms with Crippen LogP contribution in [0.2, 0.25) is 0 Å². The molecule has 0 aliphatic carbocycles. The van der Waals surface area contributed by atoms with Gasteiger partial charge in [-0.15, -0.1) is 0 Å². The zero-order valence-electron chi connectivity index (χ0n) is 10.3. The topological polar surface area (TPSA) is 137 Å². The Labute approximate surface area is 116 Å². The van der Waals surface area contributed by atoms with Crippen LogP contribution in [0.1, 0.15) is 0 Å². The molecule has 0 aliphatic heterocycles. The molecule has 21 heavy (non-hydrogen) atoms. The molecule has 1 aromatic carbocycles. The lowest BCUT2D eigenvalue weighted by Crippen LogP contribution is -2.16. The first-order chi connectivity index (χ1) is 9.95. The van der Waals surface area contributed by atoms with Crippen LogP contribution in [0.3, 0.4) is 0 Å². The van der Waals surface area contributed by atoms with Crippen molar-refractivity contribution in [3.63, 3.8) is 0 Å². The minimum absolute atomic E-state index is 0.101. The summed E-state index contributed by atoms with van der Waals surface area (Å²) in [4.78, 5) is 32.0. The van der Waals surface area contributed by atoms with Gasteiger partial charge in [0.1, 0.15) is 5.75 Å². The van der Waals surface area contributed by atoms with Crippen molar-refractivity contribution in [3.05, 3.63) is 46.8 Å². The van der Waals surface area contributed by atoms with E-state index in [0.717, 1.165) is 12.4 Å². The smallest absolute Gasteiger partial charge is 0.432 e. The predicted octanol–water partition coefficient (Wildman–Crippen LogP) is 1.93. The standard InChI is InChI=1S/C11H8N4O6/c16-10(13-7-5-12-14(6-7)11(17)18)21-9-3-1-8(2-4-9)15(19)20/h1-6H,(H,13,16)(H,17,18). The molecule has 2 N–H and O–H groups in total. The lowest BCUT2D eigenvalue weighted by molar-refractivity contribution is -0.384. The van der Waals surface area contributed by atoms with Crippen molar-refractivity contribution >= 4 is 23.6 Å². The van der Waals surface area contributed by atoms with Crippen molar-refractivity contribution in [2.24, 2.45) is 0 Å². The lowest BCUT2D eigenvalue weighted by Gasteiger charge is -2.04. The van der Waals surface area contributed by atoms with Gasteiger partial charge in [-0.3, -0.25) is 15.4 Å². The maximum Gasteiger partial charge on any atom is 0.432 e. The molecule has 0 saturated carbocycles. The van der Waals surface area contributed by atoms with Gasteiger partial charge in [-0.1, -0.05) is 0 Å². The number of hydrogen-bond acceptors (Lipinski definition) is 6. The summed E-state index contributed by atoms with van der Waals surface area (Å²) in [6, 6.07) is 4.90. The molecule has 0 spiro atoms. The minimum Gasteiger partial charge on any atom is -0.463 e. The van der Waals surface area contributed by atoms with Crippen LogP contribution in [-0.4, -0.2) is 32.0 Å². The zero-order valence-corrected chi connectivity index (χ0v) is 10.3. The SMILES string of the molecule is O=C(Nc1cnn(C(=O)O)c1)Oc1ccc([N+](=O)[O-])cc1. The summed E-state index contributed by atoms with van der Waals surface area (Å²) in [7, 11) is 0. The molecule has 0 unspecified atom stereocenters. The Balaban J connectivity index is 1.97. The second-order valence-corrected chi connectivity index (χ2v) is 3.72. The third-order valence-corrected chi connectivity index (χ3v) is 2.28. The van der Waals surface area contributed by atoms with Gasteiger partial charge >= 0.3 is 12.2 Å². The Bertz CT molecular complexity index is 693. The van der Waals surface area contributed by atoms with Crippen LogP contribution in [-0.2, 0) is 0 Å². The van der Waals surface area contributed by atoms with Gasteiger partial charge in [0, 0.05) is 12.1 Å². The number of nitrogens with one attached hydrogen (secondary N) is 1. The molecule has 0 atom stereocenters. The summed E-state index contributed by atoms with van der Waals surface area (Å²) in [5.74, 6) is 0.101. The molecule has 2 rings (SSSR count). The third-order valence-electron chi connectivity index (χ3n) is 2.28. The summed E-state index contributed by atoms with van der Waals surface area (Å²) in [5, 5.41) is 24.8. The van der Waals surface area contributed by atoms with Crippen LogP contribution in [0.15, 0.2) is 36.7 Å². The van der Waals surface area contributed by atoms with E-state index in [-0.39, 0.29) is 17.1 Å². The second-order valence-electron chi connectivity index (χ2n) is 3.72. The van der Waals surface area contributed by atoms with Gasteiger partial charge in [0.2, 0.25) is 0 Å². The van der Waals surface area contributed by atoms with E-state index in [9.17, 15) is 19.7 Å². The van der Waals surface area contributed by atoms with Crippen molar-refractivity contribution in [3.8, 4) is 5.75 Å². The van der Waals surface area contributed by atoms with Gasteiger partial charge in [-0.2, -0.15) is 9.78 Å². The second kappa shape index (κ2) is 5.69. The molecule has 10 nitrogen and oxygen atoms in total. The van der Waals surface area contributed by atoms with Gasteiger partial charge in [0.05, 0.1) is 23.0 Å². The summed E-state index contributed by atoms with van der Waals surface area (Å²) in [5.41, 5.74) is -0.00481. The molecule has 0 radical (unpaired) electrons. The molecule has 2 aromatic rings. The van der Waals surface area contributed by atoms with Crippen LogP contribution < -0.4 is 10.1 Å². The highest BCUT2D eigenvalue weighted by Gasteiger charge is 2.10. The largest absolute Gasteiger partial charge is 0.463 e. The number of rotatable bonds is 3. The average molecular weight is 292 g/mol. The molecule has 0 saturated heterocycles. The number of hydrogen-bond donors (Lipinski definition) is 2. The minimum atomic E-state index is -1.30. The molecular weight excluding hydrogens is 284 g/mol. The number of aromatic nitrogens is 2. The number of benzene rings is 1. The first-order valence-electron chi connectivity index (χ1n) is 5.47. The monoisotopic (exact) mass is 292 g/mol. The number of nitro groups is 1. The number of ether oxygens (including phenoxy) is 1. The Morgan fingerprint density at radius 3 is 2.52 bits per heavy atom. The van der Waals surface area contributed by atoms with Gasteiger partial charge < -0.3 is 9.84 Å². The van der Waals surface area contributed by atoms with E-state index in [1.165, 1.54) is 24.3 Å². The lowest BCUT2D eigenvalue weighted by atomic mass is 10.3. The van der Waals surface area contributed by atoms with Crippen molar-refractivity contribution in [1.82, 2.24) is 9.78 Å². The van der Waals surface area contributed by atoms with Crippen molar-refractivity contribution in [1.29, 1.82) is 0 Å². The van der Waals surface area contributed by atoms with E-state index in [1.54, 1.807) is 0 Å². The Morgan fingerprint density at radius 2 is 2.00 bits per heavy atom. The quantitative estimate of drug-likeness (QED) is 0.651. The van der Waals surface area contributed by atoms with Crippen LogP contribution in [0.5, 0.6) is 5.75 Å². The molecule has 1 aromatic heterocycles. The summed E-state index contributed by atoms with van der Waals surface area (Å²) >= 11 is 0. The molecule has 10 heteroatoms. The Hall–Kier alpha value is -3.43. The Kier molecular flexibility index (Phi) is 3.79. The molecular formula is C11H8N4O6. The third kappa shape index (κ3) is 3.53. The van der Waals surface area contributed by atoms with Crippen LogP contribution in [0, 0.1) is 10.1 Å². The summed E-state index contributed by atoms with van der Waals surface area (Å²) in [6.07, 6.45) is 0.0329. The van der Waals surface area contributed by atoms with Crippen LogP contribution in [0.4, 0.5) is 21.0 Å². The molecule has 0 fully saturated rings. The number of carbonyl (C=O) groups excluding carboxylic acids is 1. The maximum atomic E-state index is 11.5. The van der Waals surface area contributed by atoms with E-state index >= 15 is 0 Å². The normalized spacial score (nSPS) is 9.90. The van der Waals surface area contributed by atoms with Crippen molar-refractivity contribution in [2.45, 2.75) is 0 Å². The van der Waals surface area contributed by atoms with E-state index in [1.807, 2.05) is 0 Å². The number of nitrogens with zero attached hydrogens (tertiary/aromatic N) is 3. The maximum absolute atomic E-state index is 11.5. The van der Waals surface area contributed by atoms with E-state index in [2.05, 4.69) is 10.4 Å². The van der Waals surface area contributed by atoms with E-state index in [4.69, 9.17) is 9.84 Å². The van der Waals surface area contributed by atoms with Gasteiger partial charge in [0.15, 0.2) is 0 Å². The average Bonchev–Trinajstić information content (AvgIpc) is 2.87. The number of carbonyl (C=O) groups is 2. The fraction of sp³-hybridized carbons (Fsp3) is 0. The van der Waals surface area contributed by atoms with E-state index in [0.29, 0.717) is 4.68 Å². The number of amides is 1. The van der Waals surface area contributed by atoms with Gasteiger partial charge in [0.25, 0.3) is 5.69 Å². The molecule has 0 aliphatic rings. The predicted molar refractivity (Wildman–Crippen MR) is 68.4 cm³/mol. The highest BCUT2D eigenvalue weighted by Crippen LogP contribution is 2.17. The van der Waals surface area contributed by atoms with E-state index < -0.39 is 17.1 Å². The molecule has 108 valence electrons. The fourth-order valence-electron chi connectivity index (χ4n) is 1.38. The van der Waals surface area contributed by atoms with Crippen LogP contribution >= 0.6 is 0 Å². The zero-order chi connectivity index (χ0) is 15.4. The highest BCUT2D eigenvalue weighted by molar-refractivity contribution is 5.86. The fourth-order valence-corrected chi connectivity index (χ4v) is 1.38. The molecule has 1 heterocycles. The van der Waals surface area contributed by atoms with Gasteiger partial charge in [-0.05, 0) is 12.1 Å². The Morgan fingerprint density at radius 1 is 1.33 bits per heavy atom. The van der Waals surface area contributed by atoms with Crippen molar-refractivity contribution in [2.75, 3.05) is 5.32 Å². The molecule has 0 bridgehead atoms. The summed E-state index contributed by atoms with van der Waals surface area (Å²) in [6.45, 7) is 0. The van der Waals surface area contributed by atoms with Crippen molar-refractivity contribution < 1.29 is 24.4 Å². The number of carboxylic acid groups (broad SMARTS) is 1. The highest BCUT2D eigenvalue weighted by atomic mass is 16.6.